The van der Waals surface area contributed by atoms with Gasteiger partial charge in [0, 0.05) is 11.4 Å². The number of rotatable bonds is 4. The number of amides is 1. The topological polar surface area (TPSA) is 77.2 Å². The second kappa shape index (κ2) is 7.43. The van der Waals surface area contributed by atoms with Crippen molar-refractivity contribution in [1.29, 1.82) is 0 Å². The molecule has 0 fully saturated rings. The molecule has 2 heterocycles. The van der Waals surface area contributed by atoms with E-state index < -0.39 is 0 Å². The van der Waals surface area contributed by atoms with Crippen molar-refractivity contribution in [1.82, 2.24) is 4.98 Å². The third-order valence-corrected chi connectivity index (χ3v) is 3.31. The molecular weight excluding hydrogens is 286 g/mol. The maximum Gasteiger partial charge on any atom is 0.256 e. The first-order chi connectivity index (χ1) is 10.2. The number of pyridine rings is 1. The lowest BCUT2D eigenvalue weighted by Gasteiger charge is -2.05. The summed E-state index contributed by atoms with van der Waals surface area (Å²) >= 11 is 1.41. The SMILES string of the molecule is CCOc1ccc(NC(=O)c2csc(C#CCN)c2)cn1. The van der Waals surface area contributed by atoms with Gasteiger partial charge in [-0.2, -0.15) is 0 Å². The van der Waals surface area contributed by atoms with Gasteiger partial charge < -0.3 is 15.8 Å². The molecule has 0 unspecified atom stereocenters. The first-order valence-corrected chi connectivity index (χ1v) is 7.28. The number of thiophene rings is 1. The Morgan fingerprint density at radius 1 is 1.52 bits per heavy atom. The van der Waals surface area contributed by atoms with Crippen molar-refractivity contribution in [3.63, 3.8) is 0 Å². The largest absolute Gasteiger partial charge is 0.478 e. The quantitative estimate of drug-likeness (QED) is 0.848. The Bertz CT molecular complexity index is 668. The number of ether oxygens (including phenoxy) is 1. The van der Waals surface area contributed by atoms with E-state index >= 15 is 0 Å². The van der Waals surface area contributed by atoms with Gasteiger partial charge in [-0.05, 0) is 19.1 Å². The molecule has 0 bridgehead atoms. The summed E-state index contributed by atoms with van der Waals surface area (Å²) < 4.78 is 5.24. The van der Waals surface area contributed by atoms with Crippen molar-refractivity contribution in [3.05, 3.63) is 40.2 Å². The summed E-state index contributed by atoms with van der Waals surface area (Å²) in [6.45, 7) is 2.75. The molecular formula is C15H15N3O2S. The van der Waals surface area contributed by atoms with Gasteiger partial charge in [-0.1, -0.05) is 11.8 Å². The minimum atomic E-state index is -0.196. The van der Waals surface area contributed by atoms with Crippen LogP contribution in [0.15, 0.2) is 29.8 Å². The van der Waals surface area contributed by atoms with Crippen molar-refractivity contribution < 1.29 is 9.53 Å². The number of anilines is 1. The molecule has 0 aliphatic rings. The summed E-state index contributed by atoms with van der Waals surface area (Å²) in [6.07, 6.45) is 1.56. The number of aromatic nitrogens is 1. The molecule has 0 saturated heterocycles. The molecule has 2 rings (SSSR count). The Morgan fingerprint density at radius 2 is 2.38 bits per heavy atom. The second-order valence-electron chi connectivity index (χ2n) is 3.98. The van der Waals surface area contributed by atoms with Gasteiger partial charge in [0.2, 0.25) is 5.88 Å². The highest BCUT2D eigenvalue weighted by atomic mass is 32.1. The molecule has 0 radical (unpaired) electrons. The highest BCUT2D eigenvalue weighted by molar-refractivity contribution is 7.10. The Hall–Kier alpha value is -2.36. The lowest BCUT2D eigenvalue weighted by molar-refractivity contribution is 0.102. The van der Waals surface area contributed by atoms with Crippen LogP contribution in [-0.4, -0.2) is 24.0 Å². The standard InChI is InChI=1S/C15H15N3O2S/c1-2-20-14-6-5-12(9-17-14)18-15(19)11-8-13(21-10-11)4-3-7-16/h5-6,8-10H,2,7,16H2,1H3,(H,18,19). The molecule has 0 atom stereocenters. The third-order valence-electron chi connectivity index (χ3n) is 2.46. The molecule has 1 amide bonds. The van der Waals surface area contributed by atoms with Crippen LogP contribution in [0.3, 0.4) is 0 Å². The van der Waals surface area contributed by atoms with Gasteiger partial charge >= 0.3 is 0 Å². The summed E-state index contributed by atoms with van der Waals surface area (Å²) in [5.41, 5.74) is 6.49. The van der Waals surface area contributed by atoms with Gasteiger partial charge in [0.25, 0.3) is 5.91 Å². The van der Waals surface area contributed by atoms with Crippen LogP contribution in [0.2, 0.25) is 0 Å². The zero-order valence-corrected chi connectivity index (χ0v) is 12.4. The van der Waals surface area contributed by atoms with E-state index in [1.54, 1.807) is 29.8 Å². The molecule has 5 nitrogen and oxygen atoms in total. The Morgan fingerprint density at radius 3 is 3.05 bits per heavy atom. The van der Waals surface area contributed by atoms with E-state index in [9.17, 15) is 4.79 Å². The fraction of sp³-hybridized carbons (Fsp3) is 0.200. The number of nitrogens with two attached hydrogens (primary N) is 1. The van der Waals surface area contributed by atoms with Crippen LogP contribution in [0.25, 0.3) is 0 Å². The summed E-state index contributed by atoms with van der Waals surface area (Å²) in [5, 5.41) is 4.54. The minimum absolute atomic E-state index is 0.196. The smallest absolute Gasteiger partial charge is 0.256 e. The number of hydrogen-bond acceptors (Lipinski definition) is 5. The molecule has 0 spiro atoms. The Balaban J connectivity index is 2.02. The van der Waals surface area contributed by atoms with Gasteiger partial charge in [0.15, 0.2) is 0 Å². The van der Waals surface area contributed by atoms with Crippen molar-refractivity contribution in [2.45, 2.75) is 6.92 Å². The average Bonchev–Trinajstić information content (AvgIpc) is 2.96. The average molecular weight is 301 g/mol. The van der Waals surface area contributed by atoms with Crippen molar-refractivity contribution >= 4 is 22.9 Å². The fourth-order valence-corrected chi connectivity index (χ4v) is 2.30. The van der Waals surface area contributed by atoms with Crippen molar-refractivity contribution in [3.8, 4) is 17.7 Å². The maximum atomic E-state index is 12.1. The van der Waals surface area contributed by atoms with Gasteiger partial charge in [-0.15, -0.1) is 11.3 Å². The van der Waals surface area contributed by atoms with Crippen LogP contribution in [-0.2, 0) is 0 Å². The third kappa shape index (κ3) is 4.31. The van der Waals surface area contributed by atoms with Gasteiger partial charge in [0.05, 0.1) is 35.5 Å². The molecule has 0 saturated carbocycles. The predicted octanol–water partition coefficient (Wildman–Crippen LogP) is 2.10. The van der Waals surface area contributed by atoms with Crippen molar-refractivity contribution in [2.75, 3.05) is 18.5 Å². The monoisotopic (exact) mass is 301 g/mol. The maximum absolute atomic E-state index is 12.1. The first kappa shape index (κ1) is 15.0. The van der Waals surface area contributed by atoms with Crippen LogP contribution < -0.4 is 15.8 Å². The van der Waals surface area contributed by atoms with Crippen LogP contribution in [0.5, 0.6) is 5.88 Å². The molecule has 2 aromatic rings. The van der Waals surface area contributed by atoms with E-state index in [-0.39, 0.29) is 5.91 Å². The van der Waals surface area contributed by atoms with E-state index in [1.165, 1.54) is 11.3 Å². The number of carbonyl (C=O) groups is 1. The Labute approximate surface area is 127 Å². The first-order valence-electron chi connectivity index (χ1n) is 6.40. The van der Waals surface area contributed by atoms with E-state index in [2.05, 4.69) is 22.1 Å². The highest BCUT2D eigenvalue weighted by Crippen LogP contribution is 2.16. The van der Waals surface area contributed by atoms with Crippen molar-refractivity contribution in [2.24, 2.45) is 5.73 Å². The number of nitrogens with one attached hydrogen (secondary N) is 1. The molecule has 6 heteroatoms. The molecule has 0 aromatic carbocycles. The molecule has 108 valence electrons. The van der Waals surface area contributed by atoms with E-state index in [0.29, 0.717) is 30.3 Å². The van der Waals surface area contributed by atoms with Crippen LogP contribution in [0.4, 0.5) is 5.69 Å². The summed E-state index contributed by atoms with van der Waals surface area (Å²) in [7, 11) is 0. The second-order valence-corrected chi connectivity index (χ2v) is 4.89. The van der Waals surface area contributed by atoms with Crippen LogP contribution in [0.1, 0.15) is 22.2 Å². The molecule has 3 N–H and O–H groups in total. The molecule has 21 heavy (non-hydrogen) atoms. The summed E-state index contributed by atoms with van der Waals surface area (Å²) in [4.78, 5) is 17.0. The number of nitrogens with zero attached hydrogens (tertiary/aromatic N) is 1. The van der Waals surface area contributed by atoms with E-state index in [1.807, 2.05) is 6.92 Å². The molecule has 0 aliphatic carbocycles. The zero-order valence-electron chi connectivity index (χ0n) is 11.6. The van der Waals surface area contributed by atoms with E-state index in [0.717, 1.165) is 4.88 Å². The highest BCUT2D eigenvalue weighted by Gasteiger charge is 2.08. The van der Waals surface area contributed by atoms with Gasteiger partial charge in [0.1, 0.15) is 0 Å². The van der Waals surface area contributed by atoms with Gasteiger partial charge in [-0.3, -0.25) is 4.79 Å². The minimum Gasteiger partial charge on any atom is -0.478 e. The van der Waals surface area contributed by atoms with Crippen LogP contribution >= 0.6 is 11.3 Å². The summed E-state index contributed by atoms with van der Waals surface area (Å²) in [5.74, 6) is 5.99. The number of hydrogen-bond donors (Lipinski definition) is 2. The molecule has 0 aliphatic heterocycles. The lowest BCUT2D eigenvalue weighted by atomic mass is 10.3. The lowest BCUT2D eigenvalue weighted by Crippen LogP contribution is -2.11. The predicted molar refractivity (Wildman–Crippen MR) is 83.6 cm³/mol. The number of carbonyl (C=O) groups excluding carboxylic acids is 1. The van der Waals surface area contributed by atoms with Gasteiger partial charge in [-0.25, -0.2) is 4.98 Å². The zero-order chi connectivity index (χ0) is 15.1. The van der Waals surface area contributed by atoms with E-state index in [4.69, 9.17) is 10.5 Å². The normalized spacial score (nSPS) is 9.62. The summed E-state index contributed by atoms with van der Waals surface area (Å²) in [6, 6.07) is 5.20. The molecule has 2 aromatic heterocycles. The fourth-order valence-electron chi connectivity index (χ4n) is 1.55. The Kier molecular flexibility index (Phi) is 5.32. The van der Waals surface area contributed by atoms with Crippen LogP contribution in [0, 0.1) is 11.8 Å².